The fourth-order valence-corrected chi connectivity index (χ4v) is 2.76. The summed E-state index contributed by atoms with van der Waals surface area (Å²) in [7, 11) is 0. The highest BCUT2D eigenvalue weighted by Gasteiger charge is 2.24. The molecule has 0 aromatic heterocycles. The van der Waals surface area contributed by atoms with E-state index in [-0.39, 0.29) is 6.04 Å². The third-order valence-corrected chi connectivity index (χ3v) is 4.06. The van der Waals surface area contributed by atoms with E-state index in [0.717, 1.165) is 18.4 Å². The second-order valence-electron chi connectivity index (χ2n) is 5.81. The Morgan fingerprint density at radius 2 is 1.61 bits per heavy atom. The van der Waals surface area contributed by atoms with Crippen molar-refractivity contribution in [3.05, 3.63) is 34.9 Å². The van der Waals surface area contributed by atoms with Crippen molar-refractivity contribution in [1.82, 2.24) is 10.6 Å². The van der Waals surface area contributed by atoms with E-state index in [0.29, 0.717) is 0 Å². The molecule has 1 aromatic rings. The van der Waals surface area contributed by atoms with Gasteiger partial charge in [-0.05, 0) is 49.3 Å². The SMILES string of the molecule is C[C@@H](NC(=O)NC(C(N)=O)C(N)=O)c1ccc2c(c1)CCCC2. The number of nitrogens with one attached hydrogen (secondary N) is 2. The number of hydrogen-bond acceptors (Lipinski definition) is 3. The maximum atomic E-state index is 11.9. The number of hydrogen-bond donors (Lipinski definition) is 4. The summed E-state index contributed by atoms with van der Waals surface area (Å²) in [6, 6.07) is 3.70. The molecule has 0 fully saturated rings. The first-order chi connectivity index (χ1) is 10.9. The molecule has 0 saturated carbocycles. The van der Waals surface area contributed by atoms with Crippen LogP contribution in [0.3, 0.4) is 0 Å². The van der Waals surface area contributed by atoms with E-state index in [1.54, 1.807) is 0 Å². The Morgan fingerprint density at radius 3 is 2.22 bits per heavy atom. The Hall–Kier alpha value is -2.57. The molecule has 4 amide bonds. The van der Waals surface area contributed by atoms with Gasteiger partial charge in [0, 0.05) is 0 Å². The number of nitrogens with two attached hydrogens (primary N) is 2. The van der Waals surface area contributed by atoms with Crippen LogP contribution in [0, 0.1) is 0 Å². The van der Waals surface area contributed by atoms with Crippen molar-refractivity contribution in [2.24, 2.45) is 11.5 Å². The molecule has 2 rings (SSSR count). The number of benzene rings is 1. The second-order valence-corrected chi connectivity index (χ2v) is 5.81. The van der Waals surface area contributed by atoms with E-state index in [9.17, 15) is 14.4 Å². The normalized spacial score (nSPS) is 14.7. The highest BCUT2D eigenvalue weighted by atomic mass is 16.2. The quantitative estimate of drug-likeness (QED) is 0.582. The summed E-state index contributed by atoms with van der Waals surface area (Å²) in [6.45, 7) is 1.83. The van der Waals surface area contributed by atoms with Crippen LogP contribution in [0.1, 0.15) is 42.5 Å². The summed E-state index contributed by atoms with van der Waals surface area (Å²) >= 11 is 0. The molecule has 6 N–H and O–H groups in total. The van der Waals surface area contributed by atoms with Crippen LogP contribution in [0.5, 0.6) is 0 Å². The average Bonchev–Trinajstić information content (AvgIpc) is 2.51. The van der Waals surface area contributed by atoms with Gasteiger partial charge in [0.25, 0.3) is 0 Å². The molecule has 7 heteroatoms. The topological polar surface area (TPSA) is 127 Å². The second kappa shape index (κ2) is 7.13. The lowest BCUT2D eigenvalue weighted by atomic mass is 9.89. The van der Waals surface area contributed by atoms with Crippen LogP contribution in [0.4, 0.5) is 4.79 Å². The number of fused-ring (bicyclic) bond motifs is 1. The monoisotopic (exact) mass is 318 g/mol. The number of rotatable bonds is 5. The van der Waals surface area contributed by atoms with Gasteiger partial charge >= 0.3 is 6.03 Å². The van der Waals surface area contributed by atoms with Gasteiger partial charge in [-0.15, -0.1) is 0 Å². The van der Waals surface area contributed by atoms with Gasteiger partial charge in [-0.25, -0.2) is 4.79 Å². The molecule has 0 unspecified atom stereocenters. The van der Waals surface area contributed by atoms with Crippen LogP contribution in [-0.2, 0) is 22.4 Å². The summed E-state index contributed by atoms with van der Waals surface area (Å²) < 4.78 is 0. The Kier molecular flexibility index (Phi) is 5.20. The highest BCUT2D eigenvalue weighted by Crippen LogP contribution is 2.24. The van der Waals surface area contributed by atoms with Crippen LogP contribution < -0.4 is 22.1 Å². The molecule has 1 aromatic carbocycles. The summed E-state index contributed by atoms with van der Waals surface area (Å²) in [4.78, 5) is 34.0. The van der Waals surface area contributed by atoms with Gasteiger partial charge < -0.3 is 22.1 Å². The zero-order valence-corrected chi connectivity index (χ0v) is 13.1. The molecular weight excluding hydrogens is 296 g/mol. The van der Waals surface area contributed by atoms with Crippen molar-refractivity contribution in [1.29, 1.82) is 0 Å². The zero-order chi connectivity index (χ0) is 17.0. The van der Waals surface area contributed by atoms with E-state index >= 15 is 0 Å². The van der Waals surface area contributed by atoms with Crippen molar-refractivity contribution in [3.63, 3.8) is 0 Å². The molecule has 1 aliphatic carbocycles. The lowest BCUT2D eigenvalue weighted by Crippen LogP contribution is -2.55. The van der Waals surface area contributed by atoms with Gasteiger partial charge in [0.2, 0.25) is 11.8 Å². The standard InChI is InChI=1S/C16H22N4O3/c1-9(19-16(23)20-13(14(17)21)15(18)22)11-7-6-10-4-2-3-5-12(10)8-11/h6-9,13H,2-5H2,1H3,(H2,17,21)(H2,18,22)(H2,19,20,23)/t9-/m1/s1. The van der Waals surface area contributed by atoms with Crippen molar-refractivity contribution in [2.75, 3.05) is 0 Å². The van der Waals surface area contributed by atoms with Crippen LogP contribution in [-0.4, -0.2) is 23.9 Å². The molecule has 0 bridgehead atoms. The molecule has 1 atom stereocenters. The predicted molar refractivity (Wildman–Crippen MR) is 85.3 cm³/mol. The summed E-state index contributed by atoms with van der Waals surface area (Å²) in [6.07, 6.45) is 4.53. The van der Waals surface area contributed by atoms with Crippen molar-refractivity contribution in [3.8, 4) is 0 Å². The van der Waals surface area contributed by atoms with Crippen LogP contribution in [0.2, 0.25) is 0 Å². The van der Waals surface area contributed by atoms with Crippen LogP contribution >= 0.6 is 0 Å². The van der Waals surface area contributed by atoms with Crippen LogP contribution in [0.25, 0.3) is 0 Å². The molecule has 0 aliphatic heterocycles. The summed E-state index contributed by atoms with van der Waals surface area (Å²) in [5.41, 5.74) is 13.7. The van der Waals surface area contributed by atoms with Crippen molar-refractivity contribution >= 4 is 17.8 Å². The van der Waals surface area contributed by atoms with Crippen molar-refractivity contribution in [2.45, 2.75) is 44.7 Å². The van der Waals surface area contributed by atoms with E-state index in [1.807, 2.05) is 13.0 Å². The number of urea groups is 1. The summed E-state index contributed by atoms with van der Waals surface area (Å²) in [5, 5.41) is 4.86. The third-order valence-electron chi connectivity index (χ3n) is 4.06. The number of carbonyl (C=O) groups is 3. The van der Waals surface area contributed by atoms with Gasteiger partial charge in [-0.2, -0.15) is 0 Å². The average molecular weight is 318 g/mol. The number of aryl methyl sites for hydroxylation is 2. The first kappa shape index (κ1) is 16.8. The van der Waals surface area contributed by atoms with Gasteiger partial charge in [0.1, 0.15) is 0 Å². The Labute approximate surface area is 134 Å². The molecule has 0 radical (unpaired) electrons. The van der Waals surface area contributed by atoms with Gasteiger partial charge in [0.15, 0.2) is 6.04 Å². The lowest BCUT2D eigenvalue weighted by molar-refractivity contribution is -0.128. The maximum Gasteiger partial charge on any atom is 0.316 e. The molecular formula is C16H22N4O3. The number of amides is 4. The van der Waals surface area contributed by atoms with Gasteiger partial charge in [0.05, 0.1) is 6.04 Å². The molecule has 124 valence electrons. The van der Waals surface area contributed by atoms with Crippen LogP contribution in [0.15, 0.2) is 18.2 Å². The van der Waals surface area contributed by atoms with E-state index in [1.165, 1.54) is 24.0 Å². The van der Waals surface area contributed by atoms with E-state index in [4.69, 9.17) is 11.5 Å². The lowest BCUT2D eigenvalue weighted by Gasteiger charge is -2.21. The predicted octanol–water partition coefficient (Wildman–Crippen LogP) is 0.265. The maximum absolute atomic E-state index is 11.9. The van der Waals surface area contributed by atoms with E-state index < -0.39 is 23.9 Å². The minimum absolute atomic E-state index is 0.274. The third kappa shape index (κ3) is 4.21. The van der Waals surface area contributed by atoms with Crippen molar-refractivity contribution < 1.29 is 14.4 Å². The van der Waals surface area contributed by atoms with E-state index in [2.05, 4.69) is 22.8 Å². The largest absolute Gasteiger partial charge is 0.367 e. The highest BCUT2D eigenvalue weighted by molar-refractivity contribution is 6.05. The Bertz CT molecular complexity index is 616. The molecule has 0 heterocycles. The molecule has 7 nitrogen and oxygen atoms in total. The fraction of sp³-hybridized carbons (Fsp3) is 0.438. The minimum Gasteiger partial charge on any atom is -0.367 e. The number of carbonyl (C=O) groups excluding carboxylic acids is 3. The number of primary amides is 2. The summed E-state index contributed by atoms with van der Waals surface area (Å²) in [5.74, 6) is -1.98. The first-order valence-electron chi connectivity index (χ1n) is 7.66. The zero-order valence-electron chi connectivity index (χ0n) is 13.1. The molecule has 0 spiro atoms. The van der Waals surface area contributed by atoms with Gasteiger partial charge in [-0.3, -0.25) is 9.59 Å². The molecule has 0 saturated heterocycles. The molecule has 1 aliphatic rings. The fourth-order valence-electron chi connectivity index (χ4n) is 2.76. The minimum atomic E-state index is -1.52. The smallest absolute Gasteiger partial charge is 0.316 e. The first-order valence-corrected chi connectivity index (χ1v) is 7.66. The Morgan fingerprint density at radius 1 is 1.00 bits per heavy atom. The molecule has 23 heavy (non-hydrogen) atoms. The van der Waals surface area contributed by atoms with Gasteiger partial charge in [-0.1, -0.05) is 18.2 Å². The Balaban J connectivity index is 2.01.